The fourth-order valence-corrected chi connectivity index (χ4v) is 1.81. The Labute approximate surface area is 107 Å². The molecule has 1 amide bonds. The molecule has 0 aliphatic carbocycles. The minimum atomic E-state index is -0.288. The fourth-order valence-electron chi connectivity index (χ4n) is 1.81. The number of nitrogens with two attached hydrogens (primary N) is 1. The molecule has 17 heavy (non-hydrogen) atoms. The number of rotatable bonds is 10. The van der Waals surface area contributed by atoms with Crippen LogP contribution in [0.3, 0.4) is 0 Å². The predicted octanol–water partition coefficient (Wildman–Crippen LogP) is 2.93. The Kier molecular flexibility index (Phi) is 10.2. The zero-order valence-electron chi connectivity index (χ0n) is 11.9. The molecule has 3 nitrogen and oxygen atoms in total. The van der Waals surface area contributed by atoms with Crippen LogP contribution >= 0.6 is 0 Å². The molecule has 0 bridgehead atoms. The smallest absolute Gasteiger partial charge is 0.239 e. The number of carbonyl (C=O) groups is 1. The van der Waals surface area contributed by atoms with E-state index in [0.29, 0.717) is 0 Å². The zero-order chi connectivity index (χ0) is 13.1. The van der Waals surface area contributed by atoms with Crippen LogP contribution in [0.15, 0.2) is 0 Å². The predicted molar refractivity (Wildman–Crippen MR) is 73.9 cm³/mol. The first-order chi connectivity index (χ1) is 8.17. The van der Waals surface area contributed by atoms with Crippen LogP contribution in [0.5, 0.6) is 0 Å². The normalized spacial score (nSPS) is 12.5. The van der Waals surface area contributed by atoms with Crippen LogP contribution in [0, 0.1) is 0 Å². The van der Waals surface area contributed by atoms with Crippen molar-refractivity contribution in [2.75, 3.05) is 13.1 Å². The maximum absolute atomic E-state index is 12.2. The van der Waals surface area contributed by atoms with Gasteiger partial charge in [-0.05, 0) is 19.3 Å². The Morgan fingerprint density at radius 1 is 1.00 bits per heavy atom. The Morgan fingerprint density at radius 3 is 1.88 bits per heavy atom. The lowest BCUT2D eigenvalue weighted by molar-refractivity contribution is -0.133. The summed E-state index contributed by atoms with van der Waals surface area (Å²) in [6, 6.07) is -0.288. The Morgan fingerprint density at radius 2 is 1.47 bits per heavy atom. The molecule has 0 aliphatic rings. The molecule has 0 radical (unpaired) electrons. The summed E-state index contributed by atoms with van der Waals surface area (Å²) in [4.78, 5) is 14.1. The number of hydrogen-bond donors (Lipinski definition) is 1. The molecular weight excluding hydrogens is 212 g/mol. The minimum absolute atomic E-state index is 0.153. The van der Waals surface area contributed by atoms with Gasteiger partial charge in [0.15, 0.2) is 0 Å². The first kappa shape index (κ1) is 16.4. The lowest BCUT2D eigenvalue weighted by Gasteiger charge is -2.25. The van der Waals surface area contributed by atoms with Crippen LogP contribution in [0.1, 0.15) is 65.7 Å². The van der Waals surface area contributed by atoms with Gasteiger partial charge >= 0.3 is 0 Å². The van der Waals surface area contributed by atoms with Crippen molar-refractivity contribution >= 4 is 5.91 Å². The summed E-state index contributed by atoms with van der Waals surface area (Å²) in [7, 11) is 0. The number of carbonyl (C=O) groups excluding carboxylic acids is 1. The van der Waals surface area contributed by atoms with E-state index in [0.717, 1.165) is 58.0 Å². The molecule has 0 aromatic carbocycles. The van der Waals surface area contributed by atoms with E-state index in [1.165, 1.54) is 0 Å². The summed E-state index contributed by atoms with van der Waals surface area (Å²) < 4.78 is 0. The molecule has 0 unspecified atom stereocenters. The van der Waals surface area contributed by atoms with E-state index >= 15 is 0 Å². The van der Waals surface area contributed by atoms with Gasteiger partial charge in [0.1, 0.15) is 0 Å². The molecule has 0 heterocycles. The molecule has 0 aliphatic heterocycles. The van der Waals surface area contributed by atoms with E-state index < -0.39 is 0 Å². The molecular formula is C14H30N2O. The SMILES string of the molecule is CCCC[C@H](N)C(=O)N(CCCC)CCCC. The fraction of sp³-hybridized carbons (Fsp3) is 0.929. The second kappa shape index (κ2) is 10.6. The molecule has 2 N–H and O–H groups in total. The van der Waals surface area contributed by atoms with Crippen molar-refractivity contribution in [3.8, 4) is 0 Å². The van der Waals surface area contributed by atoms with Crippen molar-refractivity contribution in [1.82, 2.24) is 4.90 Å². The minimum Gasteiger partial charge on any atom is -0.341 e. The average Bonchev–Trinajstić information content (AvgIpc) is 2.35. The maximum atomic E-state index is 12.2. The molecule has 0 fully saturated rings. The lowest BCUT2D eigenvalue weighted by Crippen LogP contribution is -2.44. The summed E-state index contributed by atoms with van der Waals surface area (Å²) in [5.41, 5.74) is 5.96. The molecule has 0 aromatic heterocycles. The van der Waals surface area contributed by atoms with Crippen LogP contribution in [0.4, 0.5) is 0 Å². The summed E-state index contributed by atoms with van der Waals surface area (Å²) in [6.45, 7) is 8.17. The molecule has 0 rings (SSSR count). The molecule has 1 atom stereocenters. The highest BCUT2D eigenvalue weighted by molar-refractivity contribution is 5.81. The Hall–Kier alpha value is -0.570. The standard InChI is InChI=1S/C14H30N2O/c1-4-7-10-13(15)14(17)16(11-8-5-2)12-9-6-3/h13H,4-12,15H2,1-3H3/t13-/m0/s1. The number of hydrogen-bond acceptors (Lipinski definition) is 2. The monoisotopic (exact) mass is 242 g/mol. The van der Waals surface area contributed by atoms with Crippen molar-refractivity contribution in [2.45, 2.75) is 71.8 Å². The molecule has 102 valence electrons. The van der Waals surface area contributed by atoms with Crippen LogP contribution in [0.2, 0.25) is 0 Å². The van der Waals surface area contributed by atoms with Gasteiger partial charge in [0, 0.05) is 13.1 Å². The maximum Gasteiger partial charge on any atom is 0.239 e. The highest BCUT2D eigenvalue weighted by Crippen LogP contribution is 2.06. The van der Waals surface area contributed by atoms with Crippen LogP contribution in [-0.2, 0) is 4.79 Å². The summed E-state index contributed by atoms with van der Waals surface area (Å²) in [6.07, 6.45) is 7.38. The van der Waals surface area contributed by atoms with E-state index in [1.54, 1.807) is 0 Å². The molecule has 0 aromatic rings. The van der Waals surface area contributed by atoms with Crippen molar-refractivity contribution in [3.63, 3.8) is 0 Å². The van der Waals surface area contributed by atoms with Gasteiger partial charge in [-0.25, -0.2) is 0 Å². The van der Waals surface area contributed by atoms with E-state index in [2.05, 4.69) is 20.8 Å². The second-order valence-corrected chi connectivity index (χ2v) is 4.78. The van der Waals surface area contributed by atoms with Gasteiger partial charge in [0.25, 0.3) is 0 Å². The number of amides is 1. The second-order valence-electron chi connectivity index (χ2n) is 4.78. The molecule has 0 saturated heterocycles. The van der Waals surface area contributed by atoms with E-state index in [4.69, 9.17) is 5.73 Å². The zero-order valence-corrected chi connectivity index (χ0v) is 11.9. The van der Waals surface area contributed by atoms with Crippen LogP contribution < -0.4 is 5.73 Å². The van der Waals surface area contributed by atoms with Gasteiger partial charge in [-0.2, -0.15) is 0 Å². The highest BCUT2D eigenvalue weighted by Gasteiger charge is 2.19. The summed E-state index contributed by atoms with van der Waals surface area (Å²) in [5.74, 6) is 0.153. The van der Waals surface area contributed by atoms with Gasteiger partial charge in [0.05, 0.1) is 6.04 Å². The van der Waals surface area contributed by atoms with Crippen LogP contribution in [0.25, 0.3) is 0 Å². The highest BCUT2D eigenvalue weighted by atomic mass is 16.2. The lowest BCUT2D eigenvalue weighted by atomic mass is 10.1. The Balaban J connectivity index is 4.18. The quantitative estimate of drug-likeness (QED) is 0.640. The summed E-state index contributed by atoms with van der Waals surface area (Å²) in [5, 5.41) is 0. The topological polar surface area (TPSA) is 46.3 Å². The first-order valence-corrected chi connectivity index (χ1v) is 7.21. The van der Waals surface area contributed by atoms with Gasteiger partial charge < -0.3 is 10.6 Å². The van der Waals surface area contributed by atoms with E-state index in [1.807, 2.05) is 4.90 Å². The molecule has 0 spiro atoms. The number of nitrogens with zero attached hydrogens (tertiary/aromatic N) is 1. The number of unbranched alkanes of at least 4 members (excludes halogenated alkanes) is 3. The van der Waals surface area contributed by atoms with Crippen molar-refractivity contribution < 1.29 is 4.79 Å². The van der Waals surface area contributed by atoms with Gasteiger partial charge in [-0.3, -0.25) is 4.79 Å². The summed E-state index contributed by atoms with van der Waals surface area (Å²) >= 11 is 0. The van der Waals surface area contributed by atoms with Crippen LogP contribution in [-0.4, -0.2) is 29.9 Å². The van der Waals surface area contributed by atoms with Gasteiger partial charge in [0.2, 0.25) is 5.91 Å². The third-order valence-electron chi connectivity index (χ3n) is 3.06. The molecule has 0 saturated carbocycles. The Bertz CT molecular complexity index is 187. The van der Waals surface area contributed by atoms with Crippen molar-refractivity contribution in [3.05, 3.63) is 0 Å². The van der Waals surface area contributed by atoms with Crippen molar-refractivity contribution in [1.29, 1.82) is 0 Å². The molecule has 3 heteroatoms. The third kappa shape index (κ3) is 7.37. The average molecular weight is 242 g/mol. The van der Waals surface area contributed by atoms with Gasteiger partial charge in [-0.1, -0.05) is 46.5 Å². The van der Waals surface area contributed by atoms with Gasteiger partial charge in [-0.15, -0.1) is 0 Å². The first-order valence-electron chi connectivity index (χ1n) is 7.21. The van der Waals surface area contributed by atoms with E-state index in [-0.39, 0.29) is 11.9 Å². The van der Waals surface area contributed by atoms with Crippen molar-refractivity contribution in [2.24, 2.45) is 5.73 Å². The largest absolute Gasteiger partial charge is 0.341 e. The third-order valence-corrected chi connectivity index (χ3v) is 3.06. The van der Waals surface area contributed by atoms with E-state index in [9.17, 15) is 4.79 Å².